The number of pyridine rings is 1. The van der Waals surface area contributed by atoms with Gasteiger partial charge in [0.25, 0.3) is 0 Å². The van der Waals surface area contributed by atoms with Crippen LogP contribution in [0.1, 0.15) is 29.2 Å². The first-order chi connectivity index (χ1) is 15.2. The summed E-state index contributed by atoms with van der Waals surface area (Å²) >= 11 is 5.76. The van der Waals surface area contributed by atoms with Crippen molar-refractivity contribution in [1.82, 2.24) is 19.8 Å². The Hall–Kier alpha value is -3.58. The standard InChI is InChI=1S/C24H22N4O2S/c1-29-18-8-4-7-17(15-18)27-13-5-11-21(27)23-22(20-10-2-3-12-25-20)26-24(31)28(23)16-19-9-6-14-30-19/h2-15,22-23H,16H2,1H3,(H,26,31)/t22-,23-/m1/s1. The molecule has 6 nitrogen and oxygen atoms in total. The Labute approximate surface area is 186 Å². The van der Waals surface area contributed by atoms with Crippen molar-refractivity contribution in [3.63, 3.8) is 0 Å². The van der Waals surface area contributed by atoms with Crippen molar-refractivity contribution in [2.24, 2.45) is 0 Å². The molecule has 0 saturated carbocycles. The molecule has 7 heteroatoms. The lowest BCUT2D eigenvalue weighted by molar-refractivity contribution is 0.280. The predicted molar refractivity (Wildman–Crippen MR) is 122 cm³/mol. The molecule has 3 aromatic heterocycles. The van der Waals surface area contributed by atoms with Gasteiger partial charge in [-0.15, -0.1) is 0 Å². The number of thiocarbonyl (C=S) groups is 1. The number of rotatable bonds is 6. The first-order valence-corrected chi connectivity index (χ1v) is 10.5. The van der Waals surface area contributed by atoms with E-state index < -0.39 is 0 Å². The number of benzene rings is 1. The third-order valence-electron chi connectivity index (χ3n) is 5.52. The monoisotopic (exact) mass is 430 g/mol. The van der Waals surface area contributed by atoms with E-state index in [0.717, 1.165) is 28.6 Å². The lowest BCUT2D eigenvalue weighted by Gasteiger charge is -2.28. The van der Waals surface area contributed by atoms with E-state index in [-0.39, 0.29) is 12.1 Å². The van der Waals surface area contributed by atoms with Gasteiger partial charge in [-0.3, -0.25) is 4.98 Å². The van der Waals surface area contributed by atoms with Crippen molar-refractivity contribution in [2.45, 2.75) is 18.6 Å². The minimum atomic E-state index is -0.0945. The van der Waals surface area contributed by atoms with E-state index in [1.54, 1.807) is 13.4 Å². The van der Waals surface area contributed by atoms with Crippen molar-refractivity contribution >= 4 is 17.3 Å². The molecule has 2 atom stereocenters. The maximum atomic E-state index is 5.76. The number of ether oxygens (including phenoxy) is 1. The average Bonchev–Trinajstić information content (AvgIpc) is 3.56. The van der Waals surface area contributed by atoms with E-state index in [0.29, 0.717) is 11.7 Å². The van der Waals surface area contributed by atoms with Crippen LogP contribution in [0.2, 0.25) is 0 Å². The first-order valence-electron chi connectivity index (χ1n) is 10.1. The molecule has 4 aromatic rings. The molecular formula is C24H22N4O2S. The van der Waals surface area contributed by atoms with E-state index in [4.69, 9.17) is 21.4 Å². The first kappa shape index (κ1) is 19.4. The molecule has 0 bridgehead atoms. The maximum Gasteiger partial charge on any atom is 0.170 e. The number of nitrogens with zero attached hydrogens (tertiary/aromatic N) is 3. The lowest BCUT2D eigenvalue weighted by Crippen LogP contribution is -2.29. The summed E-state index contributed by atoms with van der Waals surface area (Å²) in [4.78, 5) is 6.78. The van der Waals surface area contributed by atoms with Gasteiger partial charge in [-0.05, 0) is 60.7 Å². The summed E-state index contributed by atoms with van der Waals surface area (Å²) in [5, 5.41) is 4.16. The van der Waals surface area contributed by atoms with Gasteiger partial charge < -0.3 is 23.9 Å². The Kier molecular flexibility index (Phi) is 5.18. The molecule has 0 amide bonds. The van der Waals surface area contributed by atoms with Crippen LogP contribution in [0, 0.1) is 0 Å². The third kappa shape index (κ3) is 3.68. The van der Waals surface area contributed by atoms with Gasteiger partial charge in [-0.25, -0.2) is 0 Å². The van der Waals surface area contributed by atoms with Crippen molar-refractivity contribution in [3.8, 4) is 11.4 Å². The van der Waals surface area contributed by atoms with Crippen LogP contribution in [-0.2, 0) is 6.54 Å². The van der Waals surface area contributed by atoms with Crippen LogP contribution in [0.3, 0.4) is 0 Å². The smallest absolute Gasteiger partial charge is 0.170 e. The van der Waals surface area contributed by atoms with Crippen LogP contribution in [-0.4, -0.2) is 26.7 Å². The minimum Gasteiger partial charge on any atom is -0.497 e. The van der Waals surface area contributed by atoms with Crippen molar-refractivity contribution < 1.29 is 9.15 Å². The van der Waals surface area contributed by atoms with Crippen molar-refractivity contribution in [1.29, 1.82) is 0 Å². The SMILES string of the molecule is COc1cccc(-n2cccc2[C@@H]2[C@@H](c3ccccn3)NC(=S)N2Cc2ccco2)c1. The average molecular weight is 431 g/mol. The molecule has 1 aromatic carbocycles. The minimum absolute atomic E-state index is 0.0753. The molecule has 0 aliphatic carbocycles. The maximum absolute atomic E-state index is 5.76. The molecular weight excluding hydrogens is 408 g/mol. The Balaban J connectivity index is 1.60. The summed E-state index contributed by atoms with van der Waals surface area (Å²) in [5.41, 5.74) is 3.06. The second-order valence-corrected chi connectivity index (χ2v) is 7.73. The molecule has 31 heavy (non-hydrogen) atoms. The van der Waals surface area contributed by atoms with Gasteiger partial charge in [0.05, 0.1) is 37.7 Å². The van der Waals surface area contributed by atoms with Crippen LogP contribution >= 0.6 is 12.2 Å². The van der Waals surface area contributed by atoms with Gasteiger partial charge >= 0.3 is 0 Å². The van der Waals surface area contributed by atoms with E-state index in [2.05, 4.69) is 44.2 Å². The van der Waals surface area contributed by atoms with Gasteiger partial charge in [0.1, 0.15) is 11.5 Å². The topological polar surface area (TPSA) is 55.5 Å². The molecule has 0 radical (unpaired) electrons. The predicted octanol–water partition coefficient (Wildman–Crippen LogP) is 4.65. The Bertz CT molecular complexity index is 1170. The zero-order valence-electron chi connectivity index (χ0n) is 17.0. The fourth-order valence-corrected chi connectivity index (χ4v) is 4.40. The second-order valence-electron chi connectivity index (χ2n) is 7.34. The van der Waals surface area contributed by atoms with Gasteiger partial charge in [0.15, 0.2) is 5.11 Å². The largest absolute Gasteiger partial charge is 0.497 e. The summed E-state index contributed by atoms with van der Waals surface area (Å²) in [6, 6.07) is 21.9. The van der Waals surface area contributed by atoms with E-state index >= 15 is 0 Å². The molecule has 1 saturated heterocycles. The number of hydrogen-bond acceptors (Lipinski definition) is 4. The Morgan fingerprint density at radius 3 is 2.81 bits per heavy atom. The highest BCUT2D eigenvalue weighted by molar-refractivity contribution is 7.80. The lowest BCUT2D eigenvalue weighted by atomic mass is 10.0. The van der Waals surface area contributed by atoms with Crippen LogP contribution in [0.4, 0.5) is 0 Å². The van der Waals surface area contributed by atoms with Crippen LogP contribution in [0.15, 0.2) is 89.8 Å². The zero-order valence-corrected chi connectivity index (χ0v) is 17.8. The summed E-state index contributed by atoms with van der Waals surface area (Å²) in [7, 11) is 1.68. The van der Waals surface area contributed by atoms with Crippen LogP contribution in [0.5, 0.6) is 5.75 Å². The highest BCUT2D eigenvalue weighted by atomic mass is 32.1. The molecule has 1 aliphatic heterocycles. The molecule has 5 rings (SSSR count). The van der Waals surface area contributed by atoms with Gasteiger partial charge in [0.2, 0.25) is 0 Å². The highest BCUT2D eigenvalue weighted by Crippen LogP contribution is 2.40. The quantitative estimate of drug-likeness (QED) is 0.450. The second kappa shape index (κ2) is 8.28. The molecule has 156 valence electrons. The number of methoxy groups -OCH3 is 1. The molecule has 1 aliphatic rings. The van der Waals surface area contributed by atoms with E-state index in [1.165, 1.54) is 0 Å². The van der Waals surface area contributed by atoms with Gasteiger partial charge in [-0.2, -0.15) is 0 Å². The molecule has 1 N–H and O–H groups in total. The Morgan fingerprint density at radius 2 is 2.03 bits per heavy atom. The van der Waals surface area contributed by atoms with Crippen LogP contribution < -0.4 is 10.1 Å². The number of furan rings is 1. The number of nitrogens with one attached hydrogen (secondary N) is 1. The van der Waals surface area contributed by atoms with Crippen molar-refractivity contribution in [2.75, 3.05) is 7.11 Å². The summed E-state index contributed by atoms with van der Waals surface area (Å²) in [6.45, 7) is 0.566. The van der Waals surface area contributed by atoms with Gasteiger partial charge in [0, 0.05) is 29.8 Å². The molecule has 4 heterocycles. The van der Waals surface area contributed by atoms with Crippen LogP contribution in [0.25, 0.3) is 5.69 Å². The summed E-state index contributed by atoms with van der Waals surface area (Å²) < 4.78 is 13.2. The van der Waals surface area contributed by atoms with E-state index in [9.17, 15) is 0 Å². The summed E-state index contributed by atoms with van der Waals surface area (Å²) in [6.07, 6.45) is 5.56. The Morgan fingerprint density at radius 1 is 1.10 bits per heavy atom. The van der Waals surface area contributed by atoms with Crippen molar-refractivity contribution in [3.05, 3.63) is 103 Å². The fourth-order valence-electron chi connectivity index (χ4n) is 4.10. The normalized spacial score (nSPS) is 18.2. The highest BCUT2D eigenvalue weighted by Gasteiger charge is 2.41. The third-order valence-corrected chi connectivity index (χ3v) is 5.87. The number of aromatic nitrogens is 2. The fraction of sp³-hybridized carbons (Fsp3) is 0.167. The van der Waals surface area contributed by atoms with Gasteiger partial charge in [-0.1, -0.05) is 12.1 Å². The summed E-state index contributed by atoms with van der Waals surface area (Å²) in [5.74, 6) is 1.67. The number of hydrogen-bond donors (Lipinski definition) is 1. The van der Waals surface area contributed by atoms with E-state index in [1.807, 2.05) is 54.7 Å². The molecule has 0 unspecified atom stereocenters. The molecule has 1 fully saturated rings. The molecule has 0 spiro atoms. The zero-order chi connectivity index (χ0) is 21.2.